The molecule has 0 aliphatic rings. The summed E-state index contributed by atoms with van der Waals surface area (Å²) in [5.41, 5.74) is 0. The lowest BCUT2D eigenvalue weighted by atomic mass is 10.1. The maximum Gasteiger partial charge on any atom is 0.0615 e. The maximum absolute atomic E-state index is 5.20. The third kappa shape index (κ3) is 7.34. The Morgan fingerprint density at radius 2 is 1.86 bits per heavy atom. The smallest absolute Gasteiger partial charge is 0.0615 e. The Bertz CT molecular complexity index is 111. The largest absolute Gasteiger partial charge is 0.383 e. The van der Waals surface area contributed by atoms with E-state index in [2.05, 4.69) is 26.1 Å². The minimum Gasteiger partial charge on any atom is -0.383 e. The molecule has 2 atom stereocenters. The molecular formula is C12H27NO. The first-order chi connectivity index (χ1) is 6.74. The summed E-state index contributed by atoms with van der Waals surface area (Å²) in [4.78, 5) is 0. The average molecular weight is 201 g/mol. The zero-order chi connectivity index (χ0) is 10.8. The molecule has 0 heterocycles. The van der Waals surface area contributed by atoms with Gasteiger partial charge in [0.15, 0.2) is 0 Å². The van der Waals surface area contributed by atoms with Crippen LogP contribution in [0.2, 0.25) is 0 Å². The van der Waals surface area contributed by atoms with E-state index in [-0.39, 0.29) is 0 Å². The van der Waals surface area contributed by atoms with E-state index in [1.165, 1.54) is 32.1 Å². The Morgan fingerprint density at radius 1 is 1.14 bits per heavy atom. The number of unbranched alkanes of at least 4 members (excludes halogenated alkanes) is 1. The van der Waals surface area contributed by atoms with E-state index in [1.54, 1.807) is 7.11 Å². The second kappa shape index (κ2) is 9.47. The van der Waals surface area contributed by atoms with Gasteiger partial charge in [-0.05, 0) is 19.8 Å². The minimum absolute atomic E-state index is 0.539. The van der Waals surface area contributed by atoms with Crippen molar-refractivity contribution < 1.29 is 4.74 Å². The summed E-state index contributed by atoms with van der Waals surface area (Å²) in [6.45, 7) is 7.57. The number of hydrogen-bond donors (Lipinski definition) is 1. The van der Waals surface area contributed by atoms with Crippen molar-refractivity contribution in [1.29, 1.82) is 0 Å². The topological polar surface area (TPSA) is 21.3 Å². The molecule has 2 nitrogen and oxygen atoms in total. The van der Waals surface area contributed by atoms with Crippen molar-refractivity contribution in [1.82, 2.24) is 5.32 Å². The quantitative estimate of drug-likeness (QED) is 0.619. The molecule has 86 valence electrons. The van der Waals surface area contributed by atoms with Crippen molar-refractivity contribution in [3.63, 3.8) is 0 Å². The van der Waals surface area contributed by atoms with Gasteiger partial charge in [-0.15, -0.1) is 0 Å². The second-order valence-corrected chi connectivity index (χ2v) is 4.15. The highest BCUT2D eigenvalue weighted by atomic mass is 16.5. The molecule has 0 fully saturated rings. The summed E-state index contributed by atoms with van der Waals surface area (Å²) >= 11 is 0. The number of methoxy groups -OCH3 is 1. The number of hydrogen-bond acceptors (Lipinski definition) is 2. The minimum atomic E-state index is 0.539. The van der Waals surface area contributed by atoms with Crippen LogP contribution in [0.3, 0.4) is 0 Å². The summed E-state index contributed by atoms with van der Waals surface area (Å²) in [7, 11) is 1.78. The normalized spacial score (nSPS) is 15.4. The van der Waals surface area contributed by atoms with Crippen molar-refractivity contribution in [3.8, 4) is 0 Å². The lowest BCUT2D eigenvalue weighted by Crippen LogP contribution is -2.39. The van der Waals surface area contributed by atoms with Crippen molar-refractivity contribution in [2.24, 2.45) is 0 Å². The average Bonchev–Trinajstić information content (AvgIpc) is 2.15. The molecule has 0 aromatic rings. The zero-order valence-corrected chi connectivity index (χ0v) is 10.3. The molecule has 0 aliphatic carbocycles. The fraction of sp³-hybridized carbons (Fsp3) is 1.00. The lowest BCUT2D eigenvalue weighted by Gasteiger charge is -2.22. The molecule has 14 heavy (non-hydrogen) atoms. The summed E-state index contributed by atoms with van der Waals surface area (Å²) in [6, 6.07) is 1.17. The summed E-state index contributed by atoms with van der Waals surface area (Å²) in [6.07, 6.45) is 6.32. The molecule has 0 aliphatic heterocycles. The van der Waals surface area contributed by atoms with Gasteiger partial charge in [-0.2, -0.15) is 0 Å². The molecule has 1 N–H and O–H groups in total. The van der Waals surface area contributed by atoms with E-state index in [0.717, 1.165) is 6.61 Å². The molecule has 0 spiro atoms. The van der Waals surface area contributed by atoms with Gasteiger partial charge < -0.3 is 10.1 Å². The van der Waals surface area contributed by atoms with Crippen LogP contribution >= 0.6 is 0 Å². The van der Waals surface area contributed by atoms with Gasteiger partial charge in [0.05, 0.1) is 6.61 Å². The number of rotatable bonds is 9. The van der Waals surface area contributed by atoms with Crippen LogP contribution in [0.1, 0.15) is 52.9 Å². The van der Waals surface area contributed by atoms with Gasteiger partial charge in [-0.1, -0.05) is 33.1 Å². The van der Waals surface area contributed by atoms with Crippen LogP contribution in [-0.4, -0.2) is 25.8 Å². The molecule has 0 rings (SSSR count). The highest BCUT2D eigenvalue weighted by molar-refractivity contribution is 4.70. The van der Waals surface area contributed by atoms with Gasteiger partial charge >= 0.3 is 0 Å². The van der Waals surface area contributed by atoms with Gasteiger partial charge in [0.1, 0.15) is 0 Å². The van der Waals surface area contributed by atoms with Gasteiger partial charge in [-0.3, -0.25) is 0 Å². The standard InChI is InChI=1S/C12H27NO/c1-5-7-9-11(3)13-12(8-6-2)10-14-4/h11-13H,5-10H2,1-4H3. The Kier molecular flexibility index (Phi) is 9.42. The molecule has 2 heteroatoms. The zero-order valence-electron chi connectivity index (χ0n) is 10.3. The Balaban J connectivity index is 3.64. The van der Waals surface area contributed by atoms with Crippen LogP contribution in [0.4, 0.5) is 0 Å². The van der Waals surface area contributed by atoms with Gasteiger partial charge in [0.2, 0.25) is 0 Å². The van der Waals surface area contributed by atoms with Crippen LogP contribution in [0.25, 0.3) is 0 Å². The van der Waals surface area contributed by atoms with Crippen LogP contribution in [0.15, 0.2) is 0 Å². The molecule has 0 bridgehead atoms. The van der Waals surface area contributed by atoms with Crippen LogP contribution in [0, 0.1) is 0 Å². The van der Waals surface area contributed by atoms with Crippen molar-refractivity contribution in [2.75, 3.05) is 13.7 Å². The Hall–Kier alpha value is -0.0800. The maximum atomic E-state index is 5.20. The Morgan fingerprint density at radius 3 is 2.36 bits per heavy atom. The first kappa shape index (κ1) is 13.9. The predicted molar refractivity (Wildman–Crippen MR) is 62.7 cm³/mol. The summed E-state index contributed by atoms with van der Waals surface area (Å²) in [5.74, 6) is 0. The molecule has 0 radical (unpaired) electrons. The van der Waals surface area contributed by atoms with E-state index in [0.29, 0.717) is 12.1 Å². The fourth-order valence-electron chi connectivity index (χ4n) is 1.76. The SMILES string of the molecule is CCCCC(C)NC(CCC)COC. The van der Waals surface area contributed by atoms with E-state index in [9.17, 15) is 0 Å². The molecule has 0 aromatic heterocycles. The monoisotopic (exact) mass is 201 g/mol. The van der Waals surface area contributed by atoms with Crippen molar-refractivity contribution in [3.05, 3.63) is 0 Å². The van der Waals surface area contributed by atoms with Gasteiger partial charge in [0.25, 0.3) is 0 Å². The van der Waals surface area contributed by atoms with E-state index < -0.39 is 0 Å². The van der Waals surface area contributed by atoms with Crippen LogP contribution < -0.4 is 5.32 Å². The van der Waals surface area contributed by atoms with Gasteiger partial charge in [0, 0.05) is 19.2 Å². The first-order valence-electron chi connectivity index (χ1n) is 5.99. The highest BCUT2D eigenvalue weighted by Gasteiger charge is 2.10. The predicted octanol–water partition coefficient (Wildman–Crippen LogP) is 2.97. The highest BCUT2D eigenvalue weighted by Crippen LogP contribution is 2.04. The second-order valence-electron chi connectivity index (χ2n) is 4.15. The van der Waals surface area contributed by atoms with E-state index in [4.69, 9.17) is 4.74 Å². The third-order valence-corrected chi connectivity index (χ3v) is 2.52. The summed E-state index contributed by atoms with van der Waals surface area (Å²) in [5, 5.41) is 3.63. The fourth-order valence-corrected chi connectivity index (χ4v) is 1.76. The number of ether oxygens (including phenoxy) is 1. The molecule has 0 aromatic carbocycles. The first-order valence-corrected chi connectivity index (χ1v) is 5.99. The number of nitrogens with one attached hydrogen (secondary N) is 1. The molecule has 2 unspecified atom stereocenters. The molecule has 0 amide bonds. The molecular weight excluding hydrogens is 174 g/mol. The van der Waals surface area contributed by atoms with E-state index in [1.807, 2.05) is 0 Å². The van der Waals surface area contributed by atoms with Gasteiger partial charge in [-0.25, -0.2) is 0 Å². The van der Waals surface area contributed by atoms with Crippen molar-refractivity contribution in [2.45, 2.75) is 65.0 Å². The summed E-state index contributed by atoms with van der Waals surface area (Å²) < 4.78 is 5.20. The third-order valence-electron chi connectivity index (χ3n) is 2.52. The van der Waals surface area contributed by atoms with E-state index >= 15 is 0 Å². The molecule has 0 saturated carbocycles. The molecule has 0 saturated heterocycles. The van der Waals surface area contributed by atoms with Crippen LogP contribution in [-0.2, 0) is 4.74 Å². The Labute approximate surface area is 89.4 Å². The van der Waals surface area contributed by atoms with Crippen LogP contribution in [0.5, 0.6) is 0 Å². The lowest BCUT2D eigenvalue weighted by molar-refractivity contribution is 0.156. The van der Waals surface area contributed by atoms with Crippen molar-refractivity contribution >= 4 is 0 Å².